The van der Waals surface area contributed by atoms with Crippen molar-refractivity contribution in [2.45, 2.75) is 39.3 Å². The number of benzene rings is 2. The minimum Gasteiger partial charge on any atom is -0.349 e. The molecule has 0 saturated carbocycles. The number of aryl methyl sites for hydroxylation is 2. The molecule has 1 atom stereocenters. The van der Waals surface area contributed by atoms with Gasteiger partial charge in [0.2, 0.25) is 0 Å². The van der Waals surface area contributed by atoms with Crippen molar-refractivity contribution in [1.29, 1.82) is 0 Å². The lowest BCUT2D eigenvalue weighted by molar-refractivity contribution is 0.0942. The van der Waals surface area contributed by atoms with E-state index in [2.05, 4.69) is 17.4 Å². The monoisotopic (exact) mass is 404 g/mol. The predicted molar refractivity (Wildman–Crippen MR) is 121 cm³/mol. The Labute approximate surface area is 173 Å². The van der Waals surface area contributed by atoms with E-state index in [1.165, 1.54) is 16.9 Å². The number of aromatic nitrogens is 1. The molecule has 0 aliphatic heterocycles. The van der Waals surface area contributed by atoms with E-state index in [4.69, 9.17) is 0 Å². The third-order valence-corrected chi connectivity index (χ3v) is 6.44. The van der Waals surface area contributed by atoms with E-state index in [1.807, 2.05) is 56.3 Å². The van der Waals surface area contributed by atoms with Crippen molar-refractivity contribution in [2.24, 2.45) is 0 Å². The highest BCUT2D eigenvalue weighted by Crippen LogP contribution is 2.30. The van der Waals surface area contributed by atoms with Gasteiger partial charge in [0.1, 0.15) is 0 Å². The Morgan fingerprint density at radius 2 is 1.79 bits per heavy atom. The SMILES string of the molecule is CCn1c(=O)c2cc(C(=O)NC(C)CCc3ccccc3)sc2c2ccccc21. The quantitative estimate of drug-likeness (QED) is 0.492. The number of hydrogen-bond donors (Lipinski definition) is 1. The number of amides is 1. The number of nitrogens with one attached hydrogen (secondary N) is 1. The minimum absolute atomic E-state index is 0.0337. The number of hydrogen-bond acceptors (Lipinski definition) is 3. The first-order chi connectivity index (χ1) is 14.1. The molecule has 1 amide bonds. The van der Waals surface area contributed by atoms with E-state index < -0.39 is 0 Å². The van der Waals surface area contributed by atoms with Gasteiger partial charge in [0, 0.05) is 22.7 Å². The van der Waals surface area contributed by atoms with Gasteiger partial charge in [-0.25, -0.2) is 0 Å². The minimum atomic E-state index is -0.113. The highest BCUT2D eigenvalue weighted by Gasteiger charge is 2.18. The van der Waals surface area contributed by atoms with Crippen LogP contribution in [0.25, 0.3) is 21.0 Å². The normalized spacial score (nSPS) is 12.3. The van der Waals surface area contributed by atoms with Crippen LogP contribution in [0.15, 0.2) is 65.5 Å². The highest BCUT2D eigenvalue weighted by atomic mass is 32.1. The van der Waals surface area contributed by atoms with Gasteiger partial charge in [-0.2, -0.15) is 0 Å². The predicted octanol–water partition coefficient (Wildman–Crippen LogP) is 4.99. The molecule has 0 aliphatic carbocycles. The van der Waals surface area contributed by atoms with Gasteiger partial charge in [-0.3, -0.25) is 9.59 Å². The van der Waals surface area contributed by atoms with Gasteiger partial charge < -0.3 is 9.88 Å². The summed E-state index contributed by atoms with van der Waals surface area (Å²) in [6, 6.07) is 20.0. The fraction of sp³-hybridized carbons (Fsp3) is 0.250. The Morgan fingerprint density at radius 1 is 1.07 bits per heavy atom. The van der Waals surface area contributed by atoms with Crippen molar-refractivity contribution in [1.82, 2.24) is 9.88 Å². The average Bonchev–Trinajstić information content (AvgIpc) is 3.20. The molecule has 0 spiro atoms. The second kappa shape index (κ2) is 8.21. The summed E-state index contributed by atoms with van der Waals surface area (Å²) in [5, 5.41) is 4.73. The van der Waals surface area contributed by atoms with Crippen LogP contribution in [0, 0.1) is 0 Å². The third kappa shape index (κ3) is 3.83. The van der Waals surface area contributed by atoms with Crippen LogP contribution in [0.4, 0.5) is 0 Å². The van der Waals surface area contributed by atoms with Gasteiger partial charge in [-0.05, 0) is 44.4 Å². The van der Waals surface area contributed by atoms with Crippen molar-refractivity contribution < 1.29 is 4.79 Å². The van der Waals surface area contributed by atoms with Crippen molar-refractivity contribution in [2.75, 3.05) is 0 Å². The van der Waals surface area contributed by atoms with Gasteiger partial charge in [0.05, 0.1) is 15.8 Å². The van der Waals surface area contributed by atoms with E-state index in [0.29, 0.717) is 16.8 Å². The number of nitrogens with zero attached hydrogens (tertiary/aromatic N) is 1. The van der Waals surface area contributed by atoms with Gasteiger partial charge in [0.25, 0.3) is 11.5 Å². The fourth-order valence-electron chi connectivity index (χ4n) is 3.73. The zero-order chi connectivity index (χ0) is 20.4. The number of para-hydroxylation sites is 1. The van der Waals surface area contributed by atoms with E-state index in [9.17, 15) is 9.59 Å². The summed E-state index contributed by atoms with van der Waals surface area (Å²) in [4.78, 5) is 26.3. The Morgan fingerprint density at radius 3 is 2.55 bits per heavy atom. The Hall–Kier alpha value is -2.92. The Bertz CT molecular complexity index is 1220. The molecule has 0 fully saturated rings. The maximum atomic E-state index is 12.9. The standard InChI is InChI=1S/C24H24N2O2S/c1-3-26-20-12-8-7-11-18(20)22-19(24(26)28)15-21(29-22)23(27)25-16(2)13-14-17-9-5-4-6-10-17/h4-12,15-16H,3,13-14H2,1-2H3,(H,25,27). The van der Waals surface area contributed by atoms with Crippen LogP contribution in [0.3, 0.4) is 0 Å². The Balaban J connectivity index is 1.59. The molecular weight excluding hydrogens is 380 g/mol. The van der Waals surface area contributed by atoms with Crippen LogP contribution in [0.5, 0.6) is 0 Å². The lowest BCUT2D eigenvalue weighted by Gasteiger charge is -2.13. The van der Waals surface area contributed by atoms with Crippen molar-refractivity contribution >= 4 is 38.2 Å². The van der Waals surface area contributed by atoms with E-state index in [-0.39, 0.29) is 17.5 Å². The van der Waals surface area contributed by atoms with Crippen LogP contribution in [-0.4, -0.2) is 16.5 Å². The van der Waals surface area contributed by atoms with E-state index >= 15 is 0 Å². The summed E-state index contributed by atoms with van der Waals surface area (Å²) in [5.74, 6) is -0.113. The molecule has 1 unspecified atom stereocenters. The zero-order valence-electron chi connectivity index (χ0n) is 16.6. The number of pyridine rings is 1. The highest BCUT2D eigenvalue weighted by molar-refractivity contribution is 7.21. The van der Waals surface area contributed by atoms with Crippen molar-refractivity contribution in [3.63, 3.8) is 0 Å². The molecule has 5 heteroatoms. The average molecular weight is 405 g/mol. The molecule has 4 aromatic rings. The van der Waals surface area contributed by atoms with Gasteiger partial charge in [-0.1, -0.05) is 48.5 Å². The molecule has 2 aromatic carbocycles. The molecule has 29 heavy (non-hydrogen) atoms. The summed E-state index contributed by atoms with van der Waals surface area (Å²) >= 11 is 1.40. The smallest absolute Gasteiger partial charge is 0.261 e. The van der Waals surface area contributed by atoms with Crippen LogP contribution < -0.4 is 10.9 Å². The largest absolute Gasteiger partial charge is 0.349 e. The first-order valence-electron chi connectivity index (χ1n) is 9.98. The van der Waals surface area contributed by atoms with E-state index in [1.54, 1.807) is 10.6 Å². The maximum absolute atomic E-state index is 12.9. The van der Waals surface area contributed by atoms with Crippen LogP contribution >= 0.6 is 11.3 Å². The molecule has 1 N–H and O–H groups in total. The van der Waals surface area contributed by atoms with Gasteiger partial charge in [0.15, 0.2) is 0 Å². The van der Waals surface area contributed by atoms with Gasteiger partial charge in [-0.15, -0.1) is 11.3 Å². The number of carbonyl (C=O) groups excluding carboxylic acids is 1. The summed E-state index contributed by atoms with van der Waals surface area (Å²) < 4.78 is 2.66. The molecule has 2 heterocycles. The first kappa shape index (κ1) is 19.4. The van der Waals surface area contributed by atoms with Gasteiger partial charge >= 0.3 is 0 Å². The number of fused-ring (bicyclic) bond motifs is 3. The van der Waals surface area contributed by atoms with Crippen LogP contribution in [0.1, 0.15) is 35.5 Å². The van der Waals surface area contributed by atoms with Crippen molar-refractivity contribution in [3.05, 3.63) is 81.5 Å². The fourth-order valence-corrected chi connectivity index (χ4v) is 4.81. The molecule has 4 nitrogen and oxygen atoms in total. The number of carbonyl (C=O) groups is 1. The van der Waals surface area contributed by atoms with E-state index in [0.717, 1.165) is 28.4 Å². The number of thiophene rings is 1. The molecular formula is C24H24N2O2S. The molecule has 0 radical (unpaired) electrons. The molecule has 0 aliphatic rings. The lowest BCUT2D eigenvalue weighted by Crippen LogP contribution is -2.32. The summed E-state index contributed by atoms with van der Waals surface area (Å²) in [6.45, 7) is 4.59. The second-order valence-electron chi connectivity index (χ2n) is 7.32. The second-order valence-corrected chi connectivity index (χ2v) is 8.37. The molecule has 0 saturated heterocycles. The molecule has 2 aromatic heterocycles. The van der Waals surface area contributed by atoms with Crippen molar-refractivity contribution in [3.8, 4) is 0 Å². The first-order valence-corrected chi connectivity index (χ1v) is 10.8. The molecule has 0 bridgehead atoms. The summed E-state index contributed by atoms with van der Waals surface area (Å²) in [5.41, 5.74) is 2.15. The van der Waals surface area contributed by atoms with Crippen LogP contribution in [0.2, 0.25) is 0 Å². The topological polar surface area (TPSA) is 51.1 Å². The number of rotatable bonds is 6. The summed E-state index contributed by atoms with van der Waals surface area (Å²) in [7, 11) is 0. The maximum Gasteiger partial charge on any atom is 0.261 e. The zero-order valence-corrected chi connectivity index (χ0v) is 17.5. The van der Waals surface area contributed by atoms with Crippen LogP contribution in [-0.2, 0) is 13.0 Å². The summed E-state index contributed by atoms with van der Waals surface area (Å²) in [6.07, 6.45) is 1.78. The third-order valence-electron chi connectivity index (χ3n) is 5.27. The lowest BCUT2D eigenvalue weighted by atomic mass is 10.1. The Kier molecular flexibility index (Phi) is 5.49. The molecule has 4 rings (SSSR count). The molecule has 148 valence electrons.